The van der Waals surface area contributed by atoms with Crippen LogP contribution in [-0.2, 0) is 26.2 Å². The van der Waals surface area contributed by atoms with Gasteiger partial charge in [-0.15, -0.1) is 0 Å². The third-order valence-electron chi connectivity index (χ3n) is 6.38. The fraction of sp³-hybridized carbons (Fsp3) is 0.355. The Morgan fingerprint density at radius 1 is 1.00 bits per heavy atom. The van der Waals surface area contributed by atoms with E-state index in [1.54, 1.807) is 55.6 Å². The predicted octanol–water partition coefficient (Wildman–Crippen LogP) is 5.68. The first-order chi connectivity index (χ1) is 19.2. The molecule has 0 saturated carbocycles. The summed E-state index contributed by atoms with van der Waals surface area (Å²) in [5.41, 5.74) is 1.49. The van der Waals surface area contributed by atoms with Crippen molar-refractivity contribution in [3.05, 3.63) is 88.4 Å². The number of rotatable bonds is 11. The molecule has 220 valence electrons. The van der Waals surface area contributed by atoms with Gasteiger partial charge in [0.2, 0.25) is 11.8 Å². The molecule has 0 heterocycles. The number of carbonyl (C=O) groups is 2. The Hall–Kier alpha value is -3.37. The van der Waals surface area contributed by atoms with Crippen molar-refractivity contribution in [2.45, 2.75) is 64.1 Å². The summed E-state index contributed by atoms with van der Waals surface area (Å²) < 4.78 is 34.9. The zero-order chi connectivity index (χ0) is 30.4. The average Bonchev–Trinajstić information content (AvgIpc) is 2.91. The summed E-state index contributed by atoms with van der Waals surface area (Å²) in [6.45, 7) is 8.92. The first-order valence-electron chi connectivity index (χ1n) is 13.3. The van der Waals surface area contributed by atoms with Crippen LogP contribution in [-0.4, -0.2) is 50.4 Å². The van der Waals surface area contributed by atoms with Gasteiger partial charge in [-0.2, -0.15) is 0 Å². The molecular formula is C31H38BrN3O5S. The third-order valence-corrected chi connectivity index (χ3v) is 8.66. The molecule has 0 bridgehead atoms. The molecule has 0 aliphatic rings. The van der Waals surface area contributed by atoms with E-state index < -0.39 is 34.1 Å². The Balaban J connectivity index is 2.07. The molecule has 1 N–H and O–H groups in total. The van der Waals surface area contributed by atoms with E-state index in [0.29, 0.717) is 22.3 Å². The zero-order valence-corrected chi connectivity index (χ0v) is 26.8. The van der Waals surface area contributed by atoms with Crippen LogP contribution in [0.3, 0.4) is 0 Å². The average molecular weight is 645 g/mol. The normalized spacial score (nSPS) is 12.4. The molecule has 0 fully saturated rings. The van der Waals surface area contributed by atoms with Crippen molar-refractivity contribution in [1.29, 1.82) is 0 Å². The second kappa shape index (κ2) is 13.5. The molecule has 8 nitrogen and oxygen atoms in total. The monoisotopic (exact) mass is 643 g/mol. The summed E-state index contributed by atoms with van der Waals surface area (Å²) in [6, 6.07) is 19.7. The van der Waals surface area contributed by atoms with Crippen LogP contribution >= 0.6 is 15.9 Å². The Morgan fingerprint density at radius 3 is 2.17 bits per heavy atom. The second-order valence-electron chi connectivity index (χ2n) is 10.8. The van der Waals surface area contributed by atoms with E-state index in [0.717, 1.165) is 15.4 Å². The summed E-state index contributed by atoms with van der Waals surface area (Å²) in [4.78, 5) is 29.1. The van der Waals surface area contributed by atoms with Crippen molar-refractivity contribution in [2.75, 3.05) is 18.0 Å². The molecule has 41 heavy (non-hydrogen) atoms. The summed E-state index contributed by atoms with van der Waals surface area (Å²) in [6.07, 6.45) is 0.339. The number of nitrogens with zero attached hydrogens (tertiary/aromatic N) is 2. The fourth-order valence-electron chi connectivity index (χ4n) is 4.30. The van der Waals surface area contributed by atoms with Crippen molar-refractivity contribution in [2.24, 2.45) is 0 Å². The Kier molecular flexibility index (Phi) is 10.6. The highest BCUT2D eigenvalue weighted by atomic mass is 79.9. The van der Waals surface area contributed by atoms with Crippen LogP contribution < -0.4 is 14.4 Å². The van der Waals surface area contributed by atoms with E-state index in [1.165, 1.54) is 17.0 Å². The van der Waals surface area contributed by atoms with E-state index in [1.807, 2.05) is 46.8 Å². The molecule has 1 atom stereocenters. The highest BCUT2D eigenvalue weighted by Crippen LogP contribution is 2.27. The second-order valence-corrected chi connectivity index (χ2v) is 13.6. The van der Waals surface area contributed by atoms with Gasteiger partial charge in [0.05, 0.1) is 17.7 Å². The van der Waals surface area contributed by atoms with Gasteiger partial charge in [0.25, 0.3) is 10.0 Å². The molecule has 1 unspecified atom stereocenters. The van der Waals surface area contributed by atoms with Gasteiger partial charge in [-0.25, -0.2) is 8.42 Å². The summed E-state index contributed by atoms with van der Waals surface area (Å²) >= 11 is 3.42. The van der Waals surface area contributed by atoms with Crippen molar-refractivity contribution >= 4 is 43.5 Å². The van der Waals surface area contributed by atoms with Gasteiger partial charge in [0.15, 0.2) is 0 Å². The van der Waals surface area contributed by atoms with Crippen LogP contribution in [0, 0.1) is 6.92 Å². The van der Waals surface area contributed by atoms with Crippen LogP contribution in [0.1, 0.15) is 45.2 Å². The third kappa shape index (κ3) is 8.56. The smallest absolute Gasteiger partial charge is 0.264 e. The van der Waals surface area contributed by atoms with Crippen LogP contribution in [0.4, 0.5) is 5.69 Å². The molecule has 3 aromatic carbocycles. The quantitative estimate of drug-likeness (QED) is 0.290. The Bertz CT molecular complexity index is 1450. The maximum atomic E-state index is 14.1. The minimum Gasteiger partial charge on any atom is -0.497 e. The van der Waals surface area contributed by atoms with E-state index in [4.69, 9.17) is 4.74 Å². The molecule has 0 aliphatic heterocycles. The summed E-state index contributed by atoms with van der Waals surface area (Å²) in [5, 5.41) is 2.97. The number of carbonyl (C=O) groups excluding carboxylic acids is 2. The number of sulfonamides is 1. The molecule has 3 aromatic rings. The number of benzene rings is 3. The number of halogens is 1. The molecule has 2 amide bonds. The lowest BCUT2D eigenvalue weighted by atomic mass is 10.1. The van der Waals surface area contributed by atoms with Gasteiger partial charge in [0, 0.05) is 16.6 Å². The van der Waals surface area contributed by atoms with Gasteiger partial charge >= 0.3 is 0 Å². The highest BCUT2D eigenvalue weighted by molar-refractivity contribution is 9.10. The zero-order valence-electron chi connectivity index (χ0n) is 24.3. The van der Waals surface area contributed by atoms with Gasteiger partial charge in [0.1, 0.15) is 18.3 Å². The largest absolute Gasteiger partial charge is 0.497 e. The minimum absolute atomic E-state index is 0.0649. The maximum absolute atomic E-state index is 14.1. The van der Waals surface area contributed by atoms with E-state index in [-0.39, 0.29) is 17.3 Å². The molecule has 0 spiro atoms. The number of amides is 2. The van der Waals surface area contributed by atoms with E-state index in [9.17, 15) is 18.0 Å². The molecule has 0 saturated heterocycles. The van der Waals surface area contributed by atoms with Crippen LogP contribution in [0.15, 0.2) is 82.2 Å². The number of anilines is 1. The van der Waals surface area contributed by atoms with E-state index in [2.05, 4.69) is 21.2 Å². The highest BCUT2D eigenvalue weighted by Gasteiger charge is 2.34. The number of methoxy groups -OCH3 is 1. The SMILES string of the molecule is CCC(C(=O)NC(C)(C)C)N(Cc1ccc(OC)cc1)C(=O)CN(c1cccc(Br)c1)S(=O)(=O)c1ccc(C)cc1. The van der Waals surface area contributed by atoms with Crippen molar-refractivity contribution in [3.63, 3.8) is 0 Å². The number of ether oxygens (including phenoxy) is 1. The lowest BCUT2D eigenvalue weighted by Gasteiger charge is -2.34. The van der Waals surface area contributed by atoms with Crippen LogP contribution in [0.25, 0.3) is 0 Å². The Labute approximate surface area is 251 Å². The number of aryl methyl sites for hydroxylation is 1. The summed E-state index contributed by atoms with van der Waals surface area (Å²) in [7, 11) is -2.56. The molecule has 10 heteroatoms. The summed E-state index contributed by atoms with van der Waals surface area (Å²) in [5.74, 6) is -0.154. The van der Waals surface area contributed by atoms with Crippen LogP contribution in [0.5, 0.6) is 5.75 Å². The van der Waals surface area contributed by atoms with Gasteiger partial charge in [-0.05, 0) is 82.1 Å². The number of hydrogen-bond acceptors (Lipinski definition) is 5. The first kappa shape index (κ1) is 32.1. The van der Waals surface area contributed by atoms with Crippen LogP contribution in [0.2, 0.25) is 0 Å². The first-order valence-corrected chi connectivity index (χ1v) is 15.6. The van der Waals surface area contributed by atoms with Crippen molar-refractivity contribution in [3.8, 4) is 5.75 Å². The number of nitrogens with one attached hydrogen (secondary N) is 1. The standard InChI is InChI=1S/C31H38BrN3O5S/c1-7-28(30(37)33-31(3,4)5)34(20-23-13-15-26(40-6)16-14-23)29(36)21-35(25-10-8-9-24(32)19-25)41(38,39)27-17-11-22(2)12-18-27/h8-19,28H,7,20-21H2,1-6H3,(H,33,37). The topological polar surface area (TPSA) is 96.0 Å². The van der Waals surface area contributed by atoms with E-state index >= 15 is 0 Å². The van der Waals surface area contributed by atoms with Gasteiger partial charge in [-0.1, -0.05) is 58.7 Å². The molecular weight excluding hydrogens is 606 g/mol. The Morgan fingerprint density at radius 2 is 1.63 bits per heavy atom. The van der Waals surface area contributed by atoms with Gasteiger partial charge in [-0.3, -0.25) is 13.9 Å². The molecule has 0 aromatic heterocycles. The molecule has 0 radical (unpaired) electrons. The van der Waals surface area contributed by atoms with Gasteiger partial charge < -0.3 is 15.0 Å². The van der Waals surface area contributed by atoms with Crippen molar-refractivity contribution < 1.29 is 22.7 Å². The minimum atomic E-state index is -4.13. The maximum Gasteiger partial charge on any atom is 0.264 e. The lowest BCUT2D eigenvalue weighted by molar-refractivity contribution is -0.141. The predicted molar refractivity (Wildman–Crippen MR) is 165 cm³/mol. The fourth-order valence-corrected chi connectivity index (χ4v) is 6.09. The molecule has 0 aliphatic carbocycles. The van der Waals surface area contributed by atoms with Crippen molar-refractivity contribution in [1.82, 2.24) is 10.2 Å². The number of hydrogen-bond donors (Lipinski definition) is 1. The lowest BCUT2D eigenvalue weighted by Crippen LogP contribution is -2.55. The molecule has 3 rings (SSSR count).